The summed E-state index contributed by atoms with van der Waals surface area (Å²) in [7, 11) is -2.62. The molecule has 4 aromatic carbocycles. The Kier molecular flexibility index (Phi) is 8.35. The predicted molar refractivity (Wildman–Crippen MR) is 171 cm³/mol. The Hall–Kier alpha value is -2.97. The summed E-state index contributed by atoms with van der Waals surface area (Å²) in [4.78, 5) is 20.2. The molecule has 4 heteroatoms. The van der Waals surface area contributed by atoms with Crippen molar-refractivity contribution >= 4 is 8.60 Å². The molecule has 0 aliphatic heterocycles. The van der Waals surface area contributed by atoms with Gasteiger partial charge in [-0.25, -0.2) is 0 Å². The molecule has 0 unspecified atom stereocenters. The largest absolute Gasteiger partial charge is 0.426 e. The van der Waals surface area contributed by atoms with Crippen LogP contribution < -0.4 is 4.52 Å². The van der Waals surface area contributed by atoms with E-state index in [4.69, 9.17) is 4.52 Å². The van der Waals surface area contributed by atoms with E-state index in [1.807, 2.05) is 12.1 Å². The van der Waals surface area contributed by atoms with Crippen molar-refractivity contribution in [2.45, 2.75) is 78.6 Å². The summed E-state index contributed by atoms with van der Waals surface area (Å²) in [5.74, 6) is 0.462. The molecule has 0 aromatic heterocycles. The molecule has 0 atom stereocenters. The molecule has 3 nitrogen and oxygen atoms in total. The van der Waals surface area contributed by atoms with Crippen LogP contribution in [-0.2, 0) is 16.2 Å². The van der Waals surface area contributed by atoms with Crippen molar-refractivity contribution in [2.24, 2.45) is 0 Å². The third-order valence-electron chi connectivity index (χ3n) is 7.38. The summed E-state index contributed by atoms with van der Waals surface area (Å²) in [6.07, 6.45) is 0. The van der Waals surface area contributed by atoms with Crippen LogP contribution in [0, 0.1) is 0 Å². The van der Waals surface area contributed by atoms with Gasteiger partial charge in [0, 0.05) is 11.1 Å². The molecule has 0 bridgehead atoms. The van der Waals surface area contributed by atoms with Gasteiger partial charge in [0.15, 0.2) is 0 Å². The normalized spacial score (nSPS) is 12.6. The molecule has 0 saturated heterocycles. The van der Waals surface area contributed by atoms with E-state index in [9.17, 15) is 9.79 Å². The molecule has 0 heterocycles. The average Bonchev–Trinajstić information content (AvgIpc) is 2.86. The molecule has 0 fully saturated rings. The van der Waals surface area contributed by atoms with Crippen molar-refractivity contribution in [1.82, 2.24) is 0 Å². The second-order valence-corrected chi connectivity index (χ2v) is 14.3. The van der Waals surface area contributed by atoms with E-state index in [0.29, 0.717) is 5.75 Å². The smallest absolute Gasteiger partial charge is 0.391 e. The van der Waals surface area contributed by atoms with Crippen molar-refractivity contribution in [3.63, 3.8) is 0 Å². The third kappa shape index (κ3) is 6.18. The molecule has 0 spiro atoms. The first kappa shape index (κ1) is 30.0. The standard InChI is InChI=1S/C36H43O3P/c1-34(2,3)28-19-13-10-16-24(28)25-22-23-31(39-40(37)38)33(27-18-12-15-21-30(27)36(7,8)9)32(25)26-17-11-14-20-29(26)35(4,5)6/h10-23,37-38H,1-9H3. The highest BCUT2D eigenvalue weighted by atomic mass is 31.2. The van der Waals surface area contributed by atoms with Crippen LogP contribution in [0.3, 0.4) is 0 Å². The Morgan fingerprint density at radius 1 is 0.450 bits per heavy atom. The SMILES string of the molecule is CC(C)(C)c1ccccc1-c1ccc(OP(O)O)c(-c2ccccc2C(C)(C)C)c1-c1ccccc1C(C)(C)C. The Balaban J connectivity index is 2.28. The van der Waals surface area contributed by atoms with Crippen LogP contribution >= 0.6 is 8.60 Å². The Morgan fingerprint density at radius 2 is 0.825 bits per heavy atom. The van der Waals surface area contributed by atoms with E-state index >= 15 is 0 Å². The van der Waals surface area contributed by atoms with E-state index in [2.05, 4.69) is 135 Å². The lowest BCUT2D eigenvalue weighted by atomic mass is 9.74. The summed E-state index contributed by atoms with van der Waals surface area (Å²) in [5, 5.41) is 0. The maximum atomic E-state index is 10.1. The van der Waals surface area contributed by atoms with Crippen LogP contribution in [0.25, 0.3) is 33.4 Å². The van der Waals surface area contributed by atoms with Crippen molar-refractivity contribution in [3.05, 3.63) is 102 Å². The third-order valence-corrected chi connectivity index (χ3v) is 7.74. The van der Waals surface area contributed by atoms with Gasteiger partial charge in [-0.15, -0.1) is 0 Å². The fourth-order valence-corrected chi connectivity index (χ4v) is 5.93. The summed E-state index contributed by atoms with van der Waals surface area (Å²) in [5.41, 5.74) is 9.55. The van der Waals surface area contributed by atoms with E-state index < -0.39 is 8.60 Å². The second-order valence-electron chi connectivity index (χ2n) is 13.6. The summed E-state index contributed by atoms with van der Waals surface area (Å²) in [6.45, 7) is 20.1. The fraction of sp³-hybridized carbons (Fsp3) is 0.333. The van der Waals surface area contributed by atoms with E-state index in [-0.39, 0.29) is 16.2 Å². The zero-order valence-electron chi connectivity index (χ0n) is 25.3. The molecule has 4 aromatic rings. The van der Waals surface area contributed by atoms with Crippen LogP contribution in [0.4, 0.5) is 0 Å². The molecule has 0 radical (unpaired) electrons. The molecule has 0 aliphatic carbocycles. The van der Waals surface area contributed by atoms with Gasteiger partial charge in [0.05, 0.1) is 0 Å². The molecule has 40 heavy (non-hydrogen) atoms. The van der Waals surface area contributed by atoms with Crippen molar-refractivity contribution < 1.29 is 14.3 Å². The highest BCUT2D eigenvalue weighted by molar-refractivity contribution is 7.39. The van der Waals surface area contributed by atoms with Crippen molar-refractivity contribution in [2.75, 3.05) is 0 Å². The number of rotatable bonds is 5. The zero-order chi connectivity index (χ0) is 29.5. The number of benzene rings is 4. The number of hydrogen-bond donors (Lipinski definition) is 2. The van der Waals surface area contributed by atoms with Gasteiger partial charge in [-0.3, -0.25) is 0 Å². The maximum Gasteiger partial charge on any atom is 0.391 e. The van der Waals surface area contributed by atoms with Crippen LogP contribution in [0.15, 0.2) is 84.9 Å². The van der Waals surface area contributed by atoms with Gasteiger partial charge >= 0.3 is 8.60 Å². The Labute approximate surface area is 241 Å². The summed E-state index contributed by atoms with van der Waals surface area (Å²) >= 11 is 0. The first-order valence-corrected chi connectivity index (χ1v) is 15.1. The van der Waals surface area contributed by atoms with Crippen LogP contribution in [0.1, 0.15) is 79.0 Å². The van der Waals surface area contributed by atoms with E-state index in [1.54, 1.807) is 0 Å². The lowest BCUT2D eigenvalue weighted by molar-refractivity contribution is 0.375. The summed E-state index contributed by atoms with van der Waals surface area (Å²) in [6, 6.07) is 29.6. The minimum Gasteiger partial charge on any atom is -0.426 e. The molecule has 2 N–H and O–H groups in total. The van der Waals surface area contributed by atoms with Gasteiger partial charge in [-0.05, 0) is 61.3 Å². The van der Waals surface area contributed by atoms with Crippen molar-refractivity contribution in [1.29, 1.82) is 0 Å². The summed E-state index contributed by atoms with van der Waals surface area (Å²) < 4.78 is 5.82. The lowest BCUT2D eigenvalue weighted by Gasteiger charge is -2.30. The van der Waals surface area contributed by atoms with E-state index in [1.165, 1.54) is 11.1 Å². The quantitative estimate of drug-likeness (QED) is 0.241. The van der Waals surface area contributed by atoms with Crippen LogP contribution in [-0.4, -0.2) is 9.79 Å². The topological polar surface area (TPSA) is 49.7 Å². The first-order chi connectivity index (χ1) is 18.6. The van der Waals surface area contributed by atoms with Crippen LogP contribution in [0.2, 0.25) is 0 Å². The highest BCUT2D eigenvalue weighted by Crippen LogP contribution is 2.52. The zero-order valence-corrected chi connectivity index (χ0v) is 26.2. The van der Waals surface area contributed by atoms with Gasteiger partial charge in [0.2, 0.25) is 0 Å². The number of hydrogen-bond acceptors (Lipinski definition) is 3. The van der Waals surface area contributed by atoms with Crippen molar-refractivity contribution in [3.8, 4) is 39.1 Å². The molecule has 0 saturated carbocycles. The second kappa shape index (κ2) is 11.1. The van der Waals surface area contributed by atoms with Gasteiger partial charge in [-0.2, -0.15) is 0 Å². The predicted octanol–water partition coefficient (Wildman–Crippen LogP) is 10.2. The lowest BCUT2D eigenvalue weighted by Crippen LogP contribution is -2.15. The molecule has 0 amide bonds. The van der Waals surface area contributed by atoms with Crippen LogP contribution in [0.5, 0.6) is 5.75 Å². The monoisotopic (exact) mass is 554 g/mol. The molecule has 0 aliphatic rings. The van der Waals surface area contributed by atoms with Gasteiger partial charge in [0.25, 0.3) is 0 Å². The Morgan fingerprint density at radius 3 is 1.25 bits per heavy atom. The molecular weight excluding hydrogens is 511 g/mol. The Bertz CT molecular complexity index is 1500. The molecule has 210 valence electrons. The van der Waals surface area contributed by atoms with Gasteiger partial charge < -0.3 is 14.3 Å². The van der Waals surface area contributed by atoms with Gasteiger partial charge in [-0.1, -0.05) is 141 Å². The van der Waals surface area contributed by atoms with E-state index in [0.717, 1.165) is 38.9 Å². The highest BCUT2D eigenvalue weighted by Gasteiger charge is 2.30. The minimum atomic E-state index is -2.62. The minimum absolute atomic E-state index is 0.0828. The average molecular weight is 555 g/mol. The first-order valence-electron chi connectivity index (χ1n) is 13.9. The maximum absolute atomic E-state index is 10.1. The van der Waals surface area contributed by atoms with Gasteiger partial charge in [0.1, 0.15) is 5.75 Å². The molecular formula is C36H43O3P. The fourth-order valence-electron chi connectivity index (χ4n) is 5.60. The molecule has 4 rings (SSSR count).